The van der Waals surface area contributed by atoms with E-state index >= 15 is 0 Å². The lowest BCUT2D eigenvalue weighted by Gasteiger charge is -2.59. The highest BCUT2D eigenvalue weighted by Crippen LogP contribution is 2.57. The normalized spacial score (nSPS) is 19.1. The van der Waals surface area contributed by atoms with Gasteiger partial charge in [-0.15, -0.1) is 0 Å². The van der Waals surface area contributed by atoms with E-state index < -0.39 is 5.41 Å². The maximum Gasteiger partial charge on any atom is 0.317 e. The number of anilines is 1. The third-order valence-corrected chi connectivity index (χ3v) is 7.18. The molecule has 1 atom stereocenters. The fraction of sp³-hybridized carbons (Fsp3) is 0.259. The summed E-state index contributed by atoms with van der Waals surface area (Å²) in [6.07, 6.45) is 1.09. The molecule has 3 amide bonds. The number of β-lactam (4-membered cyclic amide) rings is 1. The van der Waals surface area contributed by atoms with Crippen molar-refractivity contribution in [3.8, 4) is 0 Å². The van der Waals surface area contributed by atoms with Gasteiger partial charge in [0.05, 0.1) is 11.5 Å². The number of halogens is 2. The number of carbonyl (C=O) groups excluding carboxylic acids is 2. The van der Waals surface area contributed by atoms with Crippen molar-refractivity contribution in [3.05, 3.63) is 101 Å². The highest BCUT2D eigenvalue weighted by molar-refractivity contribution is 6.30. The van der Waals surface area contributed by atoms with Gasteiger partial charge in [-0.2, -0.15) is 0 Å². The van der Waals surface area contributed by atoms with Gasteiger partial charge in [-0.25, -0.2) is 9.18 Å². The van der Waals surface area contributed by atoms with Crippen molar-refractivity contribution in [1.82, 2.24) is 10.2 Å². The van der Waals surface area contributed by atoms with Crippen LogP contribution in [-0.4, -0.2) is 29.9 Å². The average Bonchev–Trinajstić information content (AvgIpc) is 2.87. The predicted molar refractivity (Wildman–Crippen MR) is 130 cm³/mol. The summed E-state index contributed by atoms with van der Waals surface area (Å²) >= 11 is 6.10. The number of nitrogens with one attached hydrogen (secondary N) is 1. The van der Waals surface area contributed by atoms with Crippen molar-refractivity contribution < 1.29 is 14.0 Å². The number of amides is 3. The quantitative estimate of drug-likeness (QED) is 0.500. The Bertz CT molecular complexity index is 1190. The summed E-state index contributed by atoms with van der Waals surface area (Å²) in [5.74, 6) is -0.409. The molecule has 2 aliphatic rings. The topological polar surface area (TPSA) is 52.7 Å². The molecule has 0 radical (unpaired) electrons. The minimum absolute atomic E-state index is 0.0256. The van der Waals surface area contributed by atoms with Gasteiger partial charge in [-0.1, -0.05) is 60.1 Å². The molecule has 7 heteroatoms. The summed E-state index contributed by atoms with van der Waals surface area (Å²) < 4.78 is 14.0. The van der Waals surface area contributed by atoms with Gasteiger partial charge < -0.3 is 15.1 Å². The van der Waals surface area contributed by atoms with Gasteiger partial charge in [0.2, 0.25) is 5.91 Å². The first-order valence-corrected chi connectivity index (χ1v) is 11.8. The largest absolute Gasteiger partial charge is 0.334 e. The van der Waals surface area contributed by atoms with Crippen LogP contribution in [0.15, 0.2) is 78.9 Å². The number of urea groups is 1. The smallest absolute Gasteiger partial charge is 0.317 e. The van der Waals surface area contributed by atoms with Crippen LogP contribution in [0.5, 0.6) is 0 Å². The van der Waals surface area contributed by atoms with E-state index in [2.05, 4.69) is 5.32 Å². The van der Waals surface area contributed by atoms with E-state index in [9.17, 15) is 14.0 Å². The van der Waals surface area contributed by atoms with Crippen LogP contribution in [0.2, 0.25) is 5.02 Å². The molecular formula is C27H25ClFN3O2. The molecule has 1 unspecified atom stereocenters. The molecule has 0 aliphatic carbocycles. The van der Waals surface area contributed by atoms with Crippen LogP contribution in [0.4, 0.5) is 14.9 Å². The monoisotopic (exact) mass is 477 g/mol. The molecule has 3 aromatic rings. The zero-order valence-electron chi connectivity index (χ0n) is 18.6. The summed E-state index contributed by atoms with van der Waals surface area (Å²) in [5.41, 5.74) is 1.90. The fourth-order valence-corrected chi connectivity index (χ4v) is 5.27. The van der Waals surface area contributed by atoms with E-state index in [4.69, 9.17) is 11.6 Å². The molecule has 0 saturated carbocycles. The Hall–Kier alpha value is -3.38. The van der Waals surface area contributed by atoms with Gasteiger partial charge in [-0.05, 0) is 54.3 Å². The summed E-state index contributed by atoms with van der Waals surface area (Å²) in [5, 5.41) is 3.58. The Kier molecular flexibility index (Phi) is 6.00. The highest BCUT2D eigenvalue weighted by atomic mass is 35.5. The van der Waals surface area contributed by atoms with E-state index in [0.29, 0.717) is 43.2 Å². The van der Waals surface area contributed by atoms with Crippen LogP contribution >= 0.6 is 11.6 Å². The SMILES string of the molecule is O=C(NCc1ccccc1)N1CCC2(CC1)C(=O)N(c1cccc(F)c1)C2c1ccc(Cl)cc1. The maximum atomic E-state index is 14.0. The summed E-state index contributed by atoms with van der Waals surface area (Å²) in [4.78, 5) is 29.7. The number of hydrogen-bond acceptors (Lipinski definition) is 2. The Balaban J connectivity index is 1.34. The van der Waals surface area contributed by atoms with E-state index in [0.717, 1.165) is 11.1 Å². The van der Waals surface area contributed by atoms with Crippen molar-refractivity contribution in [2.45, 2.75) is 25.4 Å². The number of nitrogens with zero attached hydrogens (tertiary/aromatic N) is 2. The molecule has 2 saturated heterocycles. The zero-order valence-corrected chi connectivity index (χ0v) is 19.3. The number of rotatable bonds is 4. The third kappa shape index (κ3) is 4.03. The second-order valence-electron chi connectivity index (χ2n) is 8.90. The molecule has 1 spiro atoms. The minimum atomic E-state index is -0.629. The number of piperidine rings is 1. The number of carbonyl (C=O) groups is 2. The van der Waals surface area contributed by atoms with Gasteiger partial charge >= 0.3 is 6.03 Å². The molecule has 0 aromatic heterocycles. The van der Waals surface area contributed by atoms with Crippen molar-refractivity contribution >= 4 is 29.2 Å². The third-order valence-electron chi connectivity index (χ3n) is 6.93. The average molecular weight is 478 g/mol. The first-order chi connectivity index (χ1) is 16.5. The molecule has 5 nitrogen and oxygen atoms in total. The molecule has 34 heavy (non-hydrogen) atoms. The van der Waals surface area contributed by atoms with Crippen LogP contribution in [0.3, 0.4) is 0 Å². The van der Waals surface area contributed by atoms with Crippen molar-refractivity contribution in [2.75, 3.05) is 18.0 Å². The first-order valence-electron chi connectivity index (χ1n) is 11.4. The molecule has 174 valence electrons. The summed E-state index contributed by atoms with van der Waals surface area (Å²) in [6.45, 7) is 1.42. The van der Waals surface area contributed by atoms with Crippen molar-refractivity contribution in [1.29, 1.82) is 0 Å². The molecule has 3 aromatic carbocycles. The van der Waals surface area contributed by atoms with Gasteiger partial charge in [0.25, 0.3) is 0 Å². The Morgan fingerprint density at radius 1 is 1.00 bits per heavy atom. The Morgan fingerprint density at radius 2 is 1.71 bits per heavy atom. The van der Waals surface area contributed by atoms with Crippen molar-refractivity contribution in [3.63, 3.8) is 0 Å². The number of hydrogen-bond donors (Lipinski definition) is 1. The Morgan fingerprint density at radius 3 is 2.38 bits per heavy atom. The molecule has 1 N–H and O–H groups in total. The van der Waals surface area contributed by atoms with Crippen molar-refractivity contribution in [2.24, 2.45) is 5.41 Å². The lowest BCUT2D eigenvalue weighted by atomic mass is 9.62. The van der Waals surface area contributed by atoms with E-state index in [-0.39, 0.29) is 23.8 Å². The number of likely N-dealkylation sites (tertiary alicyclic amines) is 1. The van der Waals surface area contributed by atoms with Gasteiger partial charge in [-0.3, -0.25) is 4.79 Å². The maximum absolute atomic E-state index is 14.0. The molecule has 5 rings (SSSR count). The van der Waals surface area contributed by atoms with Gasteiger partial charge in [0, 0.05) is 30.3 Å². The van der Waals surface area contributed by atoms with Gasteiger partial charge in [0.15, 0.2) is 0 Å². The first kappa shape index (κ1) is 22.4. The summed E-state index contributed by atoms with van der Waals surface area (Å²) in [6, 6.07) is 23.0. The molecule has 2 fully saturated rings. The zero-order chi connectivity index (χ0) is 23.7. The Labute approximate surface area is 203 Å². The number of benzene rings is 3. The lowest BCUT2D eigenvalue weighted by molar-refractivity contribution is -0.144. The van der Waals surface area contributed by atoms with E-state index in [1.165, 1.54) is 12.1 Å². The van der Waals surface area contributed by atoms with Crippen LogP contribution in [0.1, 0.15) is 30.0 Å². The lowest BCUT2D eigenvalue weighted by Crippen LogP contribution is -2.67. The van der Waals surface area contributed by atoms with E-state index in [1.54, 1.807) is 21.9 Å². The van der Waals surface area contributed by atoms with Crippen LogP contribution in [-0.2, 0) is 11.3 Å². The van der Waals surface area contributed by atoms with Gasteiger partial charge in [0.1, 0.15) is 5.82 Å². The van der Waals surface area contributed by atoms with Crippen LogP contribution in [0.25, 0.3) is 0 Å². The molecule has 0 bridgehead atoms. The van der Waals surface area contributed by atoms with Crippen LogP contribution < -0.4 is 10.2 Å². The molecular weight excluding hydrogens is 453 g/mol. The highest BCUT2D eigenvalue weighted by Gasteiger charge is 2.62. The predicted octanol–water partition coefficient (Wildman–Crippen LogP) is 5.56. The minimum Gasteiger partial charge on any atom is -0.334 e. The second kappa shape index (κ2) is 9.11. The molecule has 2 aliphatic heterocycles. The second-order valence-corrected chi connectivity index (χ2v) is 9.33. The van der Waals surface area contributed by atoms with Crippen LogP contribution in [0, 0.1) is 11.2 Å². The van der Waals surface area contributed by atoms with E-state index in [1.807, 2.05) is 54.6 Å². The standard InChI is InChI=1S/C27H25ClFN3O2/c28-21-11-9-20(10-12-21)24-27(25(33)32(24)23-8-4-7-22(29)17-23)13-15-31(16-14-27)26(34)30-18-19-5-2-1-3-6-19/h1-12,17,24H,13-16,18H2,(H,30,34). The fourth-order valence-electron chi connectivity index (χ4n) is 5.14. The molecule has 2 heterocycles. The summed E-state index contributed by atoms with van der Waals surface area (Å²) in [7, 11) is 0.